The smallest absolute Gasteiger partial charge is 0.335 e. The van der Waals surface area contributed by atoms with Crippen LogP contribution in [0.3, 0.4) is 0 Å². The second-order valence-corrected chi connectivity index (χ2v) is 11.6. The van der Waals surface area contributed by atoms with Crippen LogP contribution < -0.4 is 5.63 Å². The number of esters is 1. The minimum Gasteiger partial charge on any atom is -0.459 e. The Hall–Kier alpha value is -1.66. The van der Waals surface area contributed by atoms with E-state index in [4.69, 9.17) is 13.9 Å². The minimum atomic E-state index is -0.369. The van der Waals surface area contributed by atoms with Gasteiger partial charge in [0.1, 0.15) is 17.8 Å². The van der Waals surface area contributed by atoms with Crippen molar-refractivity contribution in [3.05, 3.63) is 34.4 Å². The predicted molar refractivity (Wildman–Crippen MR) is 116 cm³/mol. The van der Waals surface area contributed by atoms with E-state index in [2.05, 4.69) is 13.8 Å². The summed E-state index contributed by atoms with van der Waals surface area (Å²) in [6.45, 7) is 6.23. The number of aliphatic hydroxyl groups is 1. The highest BCUT2D eigenvalue weighted by Gasteiger charge is 2.84. The summed E-state index contributed by atoms with van der Waals surface area (Å²) in [4.78, 5) is 23.7. The monoisotopic (exact) mass is 442 g/mol. The number of hydrogen-bond acceptors (Lipinski definition) is 6. The van der Waals surface area contributed by atoms with Gasteiger partial charge in [0.15, 0.2) is 0 Å². The molecule has 0 bridgehead atoms. The highest BCUT2D eigenvalue weighted by molar-refractivity contribution is 5.66. The summed E-state index contributed by atoms with van der Waals surface area (Å²) in [6.07, 6.45) is 8.20. The lowest BCUT2D eigenvalue weighted by Crippen LogP contribution is -2.58. The third kappa shape index (κ3) is 2.54. The van der Waals surface area contributed by atoms with E-state index in [1.165, 1.54) is 13.0 Å². The molecule has 1 spiro atoms. The molecule has 1 aliphatic heterocycles. The summed E-state index contributed by atoms with van der Waals surface area (Å²) in [6, 6.07) is 3.30. The largest absolute Gasteiger partial charge is 0.459 e. The molecule has 2 heterocycles. The lowest BCUT2D eigenvalue weighted by molar-refractivity contribution is -0.158. The number of hydrogen-bond donors (Lipinski definition) is 1. The summed E-state index contributed by atoms with van der Waals surface area (Å²) in [5.74, 6) is 1.24. The van der Waals surface area contributed by atoms with Gasteiger partial charge in [-0.25, -0.2) is 4.79 Å². The maximum absolute atomic E-state index is 12.1. The molecule has 1 N–H and O–H groups in total. The first-order valence-electron chi connectivity index (χ1n) is 12.3. The van der Waals surface area contributed by atoms with Crippen LogP contribution in [0.4, 0.5) is 0 Å². The summed E-state index contributed by atoms with van der Waals surface area (Å²) in [7, 11) is 0. The fraction of sp³-hybridized carbons (Fsp3) is 0.769. The molecule has 4 saturated carbocycles. The van der Waals surface area contributed by atoms with Crippen LogP contribution in [-0.4, -0.2) is 35.0 Å². The fourth-order valence-electron chi connectivity index (χ4n) is 9.10. The van der Waals surface area contributed by atoms with Gasteiger partial charge >= 0.3 is 11.6 Å². The van der Waals surface area contributed by atoms with Crippen LogP contribution in [0.25, 0.3) is 0 Å². The summed E-state index contributed by atoms with van der Waals surface area (Å²) >= 11 is 0. The maximum Gasteiger partial charge on any atom is 0.335 e. The van der Waals surface area contributed by atoms with Crippen molar-refractivity contribution in [3.63, 3.8) is 0 Å². The molecule has 0 amide bonds. The molecule has 6 heteroatoms. The van der Waals surface area contributed by atoms with Crippen molar-refractivity contribution in [3.8, 4) is 0 Å². The van der Waals surface area contributed by atoms with Gasteiger partial charge in [0, 0.05) is 24.3 Å². The van der Waals surface area contributed by atoms with Crippen molar-refractivity contribution in [1.29, 1.82) is 0 Å². The Bertz CT molecular complexity index is 982. The Morgan fingerprint density at radius 1 is 1.12 bits per heavy atom. The second-order valence-electron chi connectivity index (χ2n) is 11.6. The van der Waals surface area contributed by atoms with E-state index in [0.29, 0.717) is 17.8 Å². The molecule has 174 valence electrons. The van der Waals surface area contributed by atoms with Gasteiger partial charge in [0.05, 0.1) is 12.4 Å². The summed E-state index contributed by atoms with van der Waals surface area (Å²) in [5, 5.41) is 10.3. The van der Waals surface area contributed by atoms with E-state index in [-0.39, 0.29) is 52.3 Å². The summed E-state index contributed by atoms with van der Waals surface area (Å²) in [5.41, 5.74) is 0.319. The quantitative estimate of drug-likeness (QED) is 0.554. The van der Waals surface area contributed by atoms with Crippen LogP contribution in [0.1, 0.15) is 77.2 Å². The highest BCUT2D eigenvalue weighted by Crippen LogP contribution is 2.78. The Labute approximate surface area is 188 Å². The molecule has 1 aromatic rings. The molecule has 0 unspecified atom stereocenters. The number of ether oxygens (including phenoxy) is 2. The van der Waals surface area contributed by atoms with Crippen LogP contribution in [0, 0.1) is 28.6 Å². The number of epoxide rings is 1. The minimum absolute atomic E-state index is 0.0471. The number of carbonyl (C=O) groups is 1. The van der Waals surface area contributed by atoms with Gasteiger partial charge in [-0.3, -0.25) is 4.79 Å². The van der Waals surface area contributed by atoms with E-state index < -0.39 is 0 Å². The van der Waals surface area contributed by atoms with Crippen LogP contribution >= 0.6 is 0 Å². The number of carbonyl (C=O) groups excluding carboxylic acids is 1. The number of rotatable bonds is 2. The van der Waals surface area contributed by atoms with Crippen molar-refractivity contribution < 1.29 is 23.8 Å². The first-order valence-corrected chi connectivity index (χ1v) is 12.3. The topological polar surface area (TPSA) is 89.3 Å². The molecule has 4 aliphatic carbocycles. The molecule has 10 atom stereocenters. The third-order valence-corrected chi connectivity index (χ3v) is 10.5. The molecule has 0 radical (unpaired) electrons. The molecule has 0 aromatic carbocycles. The number of aliphatic hydroxyl groups excluding tert-OH is 1. The Kier molecular flexibility index (Phi) is 4.37. The molecule has 5 fully saturated rings. The lowest BCUT2D eigenvalue weighted by Gasteiger charge is -2.61. The molecule has 5 aliphatic rings. The molecular formula is C26H34O6. The fourth-order valence-corrected chi connectivity index (χ4v) is 9.10. The standard InChI is InChI=1S/C26H34O6/c1-14(27)31-22-21(15-4-7-20(29)30-13-15)25(3)11-9-18-19(26(25)23(22)32-26)6-5-16-12-17(28)8-10-24(16,18)2/h4,7,13,16-19,21-23,28H,5-6,8-12H2,1-3H3/t16-,17-,18+,19-,21-,22-,23+,24-,25-,26-/m0/s1. The van der Waals surface area contributed by atoms with Crippen molar-refractivity contribution in [2.45, 2.75) is 95.5 Å². The SMILES string of the molecule is CC(=O)O[C@@H]1[C@H]2O[C@@]23[C@H]2CC[C@H]4C[C@@H](O)CC[C@]4(C)[C@@H]2CC[C@@]3(C)[C@H]1c1ccc(=O)oc1. The van der Waals surface area contributed by atoms with Crippen LogP contribution in [0.5, 0.6) is 0 Å². The summed E-state index contributed by atoms with van der Waals surface area (Å²) < 4.78 is 17.8. The Morgan fingerprint density at radius 2 is 1.94 bits per heavy atom. The zero-order chi connectivity index (χ0) is 22.5. The van der Waals surface area contributed by atoms with E-state index >= 15 is 0 Å². The van der Waals surface area contributed by atoms with Crippen molar-refractivity contribution >= 4 is 5.97 Å². The van der Waals surface area contributed by atoms with Gasteiger partial charge in [-0.1, -0.05) is 13.8 Å². The zero-order valence-electron chi connectivity index (χ0n) is 19.2. The average Bonchev–Trinajstić information content (AvgIpc) is 3.44. The normalized spacial score (nSPS) is 51.1. The van der Waals surface area contributed by atoms with E-state index in [1.54, 1.807) is 6.26 Å². The van der Waals surface area contributed by atoms with Gasteiger partial charge < -0.3 is 19.0 Å². The highest BCUT2D eigenvalue weighted by atomic mass is 16.7. The van der Waals surface area contributed by atoms with Crippen molar-refractivity contribution in [2.75, 3.05) is 0 Å². The first-order chi connectivity index (χ1) is 15.2. The van der Waals surface area contributed by atoms with Gasteiger partial charge in [-0.15, -0.1) is 0 Å². The molecular weight excluding hydrogens is 408 g/mol. The Morgan fingerprint density at radius 3 is 2.66 bits per heavy atom. The maximum atomic E-state index is 12.1. The molecule has 1 aromatic heterocycles. The van der Waals surface area contributed by atoms with Crippen LogP contribution in [0.15, 0.2) is 27.6 Å². The van der Waals surface area contributed by atoms with Crippen LogP contribution in [-0.2, 0) is 14.3 Å². The van der Waals surface area contributed by atoms with E-state index in [9.17, 15) is 14.7 Å². The van der Waals surface area contributed by atoms with Gasteiger partial charge in [0.2, 0.25) is 0 Å². The molecule has 1 saturated heterocycles. The molecule has 6 rings (SSSR count). The Balaban J connectivity index is 1.41. The van der Waals surface area contributed by atoms with Gasteiger partial charge in [-0.05, 0) is 79.7 Å². The average molecular weight is 443 g/mol. The first kappa shape index (κ1) is 20.9. The van der Waals surface area contributed by atoms with E-state index in [1.807, 2.05) is 6.07 Å². The number of fused-ring (bicyclic) bond motifs is 3. The van der Waals surface area contributed by atoms with Gasteiger partial charge in [-0.2, -0.15) is 0 Å². The van der Waals surface area contributed by atoms with Crippen LogP contribution in [0.2, 0.25) is 0 Å². The predicted octanol–water partition coefficient (Wildman–Crippen LogP) is 3.80. The molecule has 32 heavy (non-hydrogen) atoms. The molecule has 6 nitrogen and oxygen atoms in total. The van der Waals surface area contributed by atoms with E-state index in [0.717, 1.165) is 50.5 Å². The van der Waals surface area contributed by atoms with Crippen molar-refractivity contribution in [1.82, 2.24) is 0 Å². The van der Waals surface area contributed by atoms with Crippen molar-refractivity contribution in [2.24, 2.45) is 28.6 Å². The second kappa shape index (κ2) is 6.69. The zero-order valence-corrected chi connectivity index (χ0v) is 19.2. The third-order valence-electron chi connectivity index (χ3n) is 10.5. The van der Waals surface area contributed by atoms with Gasteiger partial charge in [0.25, 0.3) is 0 Å². The lowest BCUT2D eigenvalue weighted by atomic mass is 9.44.